The molecule has 25 heavy (non-hydrogen) atoms. The van der Waals surface area contributed by atoms with E-state index in [0.29, 0.717) is 17.7 Å². The zero-order valence-corrected chi connectivity index (χ0v) is 15.3. The van der Waals surface area contributed by atoms with Crippen molar-refractivity contribution in [2.45, 2.75) is 40.2 Å². The molecule has 0 aliphatic carbocycles. The Labute approximate surface area is 149 Å². The Balaban J connectivity index is 2.11. The lowest BCUT2D eigenvalue weighted by Gasteiger charge is -2.19. The van der Waals surface area contributed by atoms with Crippen LogP contribution in [0.1, 0.15) is 56.1 Å². The van der Waals surface area contributed by atoms with Gasteiger partial charge in [-0.05, 0) is 30.0 Å². The molecule has 0 saturated carbocycles. The highest BCUT2D eigenvalue weighted by atomic mass is 16.2. The number of nitrogens with one attached hydrogen (secondary N) is 2. The fourth-order valence-corrected chi connectivity index (χ4v) is 2.57. The predicted molar refractivity (Wildman–Crippen MR) is 101 cm³/mol. The van der Waals surface area contributed by atoms with E-state index in [1.807, 2.05) is 64.1 Å². The molecule has 0 saturated heterocycles. The maximum absolute atomic E-state index is 12.7. The van der Waals surface area contributed by atoms with Gasteiger partial charge in [0.2, 0.25) is 5.91 Å². The molecular weight excluding hydrogens is 312 g/mol. The second-order valence-corrected chi connectivity index (χ2v) is 7.44. The van der Waals surface area contributed by atoms with Crippen LogP contribution in [0.3, 0.4) is 0 Å². The van der Waals surface area contributed by atoms with Crippen LogP contribution >= 0.6 is 0 Å². The van der Waals surface area contributed by atoms with E-state index in [9.17, 15) is 9.59 Å². The van der Waals surface area contributed by atoms with E-state index >= 15 is 0 Å². The van der Waals surface area contributed by atoms with Gasteiger partial charge in [0, 0.05) is 6.42 Å². The van der Waals surface area contributed by atoms with Crippen molar-refractivity contribution >= 4 is 17.5 Å². The zero-order valence-electron chi connectivity index (χ0n) is 15.3. The van der Waals surface area contributed by atoms with Gasteiger partial charge in [0.15, 0.2) is 0 Å². The Kier molecular flexibility index (Phi) is 5.97. The second kappa shape index (κ2) is 7.97. The molecule has 1 atom stereocenters. The van der Waals surface area contributed by atoms with Gasteiger partial charge in [0.25, 0.3) is 5.91 Å². The Morgan fingerprint density at radius 2 is 1.56 bits per heavy atom. The first-order valence-corrected chi connectivity index (χ1v) is 8.51. The molecular formula is C21H26N2O2. The number of para-hydroxylation sites is 1. The van der Waals surface area contributed by atoms with Crippen molar-refractivity contribution in [2.75, 3.05) is 5.32 Å². The van der Waals surface area contributed by atoms with E-state index in [0.717, 1.165) is 5.56 Å². The average Bonchev–Trinajstić information content (AvgIpc) is 2.54. The van der Waals surface area contributed by atoms with Gasteiger partial charge >= 0.3 is 0 Å². The van der Waals surface area contributed by atoms with Gasteiger partial charge in [0.1, 0.15) is 0 Å². The summed E-state index contributed by atoms with van der Waals surface area (Å²) in [4.78, 5) is 24.9. The molecule has 0 radical (unpaired) electrons. The molecule has 2 aromatic carbocycles. The second-order valence-electron chi connectivity index (χ2n) is 7.44. The summed E-state index contributed by atoms with van der Waals surface area (Å²) in [6.45, 7) is 7.96. The maximum Gasteiger partial charge on any atom is 0.253 e. The molecule has 0 fully saturated rings. The molecule has 0 aromatic heterocycles. The highest BCUT2D eigenvalue weighted by Crippen LogP contribution is 2.22. The van der Waals surface area contributed by atoms with E-state index in [4.69, 9.17) is 0 Å². The fraction of sp³-hybridized carbons (Fsp3) is 0.333. The minimum atomic E-state index is -0.206. The third kappa shape index (κ3) is 5.75. The summed E-state index contributed by atoms with van der Waals surface area (Å²) in [7, 11) is 0. The number of hydrogen-bond acceptors (Lipinski definition) is 2. The van der Waals surface area contributed by atoms with Crippen molar-refractivity contribution in [2.24, 2.45) is 5.41 Å². The smallest absolute Gasteiger partial charge is 0.253 e. The number of benzene rings is 2. The van der Waals surface area contributed by atoms with Gasteiger partial charge in [-0.15, -0.1) is 0 Å². The lowest BCUT2D eigenvalue weighted by Crippen LogP contribution is -2.28. The first kappa shape index (κ1) is 18.7. The van der Waals surface area contributed by atoms with Crippen molar-refractivity contribution in [3.8, 4) is 0 Å². The van der Waals surface area contributed by atoms with E-state index in [2.05, 4.69) is 10.6 Å². The SMILES string of the molecule is C[C@H](NC(=O)c1ccccc1NC(=O)CC(C)(C)C)c1ccccc1. The van der Waals surface area contributed by atoms with E-state index in [-0.39, 0.29) is 23.3 Å². The zero-order chi connectivity index (χ0) is 18.4. The van der Waals surface area contributed by atoms with Crippen LogP contribution in [0.4, 0.5) is 5.69 Å². The maximum atomic E-state index is 12.7. The molecule has 4 heteroatoms. The minimum absolute atomic E-state index is 0.0937. The van der Waals surface area contributed by atoms with Crippen LogP contribution < -0.4 is 10.6 Å². The van der Waals surface area contributed by atoms with Crippen molar-refractivity contribution < 1.29 is 9.59 Å². The molecule has 132 valence electrons. The van der Waals surface area contributed by atoms with Gasteiger partial charge in [-0.25, -0.2) is 0 Å². The quantitative estimate of drug-likeness (QED) is 0.840. The third-order valence-electron chi connectivity index (χ3n) is 3.78. The molecule has 2 N–H and O–H groups in total. The normalized spacial score (nSPS) is 12.3. The highest BCUT2D eigenvalue weighted by molar-refractivity contribution is 6.03. The number of carbonyl (C=O) groups is 2. The molecule has 0 unspecified atom stereocenters. The van der Waals surface area contributed by atoms with Crippen LogP contribution in [0.25, 0.3) is 0 Å². The lowest BCUT2D eigenvalue weighted by molar-refractivity contribution is -0.117. The first-order chi connectivity index (χ1) is 11.8. The molecule has 0 aliphatic rings. The Bertz CT molecular complexity index is 733. The van der Waals surface area contributed by atoms with Gasteiger partial charge in [0.05, 0.1) is 17.3 Å². The van der Waals surface area contributed by atoms with Crippen molar-refractivity contribution in [3.63, 3.8) is 0 Å². The molecule has 0 heterocycles. The number of amides is 2. The largest absolute Gasteiger partial charge is 0.345 e. The summed E-state index contributed by atoms with van der Waals surface area (Å²) < 4.78 is 0. The molecule has 0 bridgehead atoms. The molecule has 0 aliphatic heterocycles. The molecule has 2 rings (SSSR count). The summed E-state index contributed by atoms with van der Waals surface area (Å²) in [6.07, 6.45) is 0.392. The van der Waals surface area contributed by atoms with Crippen LogP contribution in [0.15, 0.2) is 54.6 Å². The Morgan fingerprint density at radius 1 is 0.960 bits per heavy atom. The van der Waals surface area contributed by atoms with Gasteiger partial charge in [-0.1, -0.05) is 63.2 Å². The number of rotatable bonds is 5. The van der Waals surface area contributed by atoms with E-state index < -0.39 is 0 Å². The van der Waals surface area contributed by atoms with Crippen LogP contribution in [0.5, 0.6) is 0 Å². The summed E-state index contributed by atoms with van der Waals surface area (Å²) in [5.41, 5.74) is 1.93. The number of hydrogen-bond donors (Lipinski definition) is 2. The highest BCUT2D eigenvalue weighted by Gasteiger charge is 2.19. The molecule has 4 nitrogen and oxygen atoms in total. The van der Waals surface area contributed by atoms with Crippen molar-refractivity contribution in [3.05, 3.63) is 65.7 Å². The molecule has 0 spiro atoms. The van der Waals surface area contributed by atoms with E-state index in [1.54, 1.807) is 18.2 Å². The monoisotopic (exact) mass is 338 g/mol. The lowest BCUT2D eigenvalue weighted by atomic mass is 9.92. The van der Waals surface area contributed by atoms with Crippen molar-refractivity contribution in [1.29, 1.82) is 0 Å². The van der Waals surface area contributed by atoms with Crippen LogP contribution in [-0.4, -0.2) is 11.8 Å². The summed E-state index contributed by atoms with van der Waals surface area (Å²) >= 11 is 0. The predicted octanol–water partition coefficient (Wildman–Crippen LogP) is 4.55. The van der Waals surface area contributed by atoms with Crippen LogP contribution in [0.2, 0.25) is 0 Å². The topological polar surface area (TPSA) is 58.2 Å². The van der Waals surface area contributed by atoms with Crippen LogP contribution in [0, 0.1) is 5.41 Å². The summed E-state index contributed by atoms with van der Waals surface area (Å²) in [5, 5.41) is 5.85. The van der Waals surface area contributed by atoms with Crippen LogP contribution in [-0.2, 0) is 4.79 Å². The van der Waals surface area contributed by atoms with Gasteiger partial charge in [-0.3, -0.25) is 9.59 Å². The van der Waals surface area contributed by atoms with Gasteiger partial charge in [-0.2, -0.15) is 0 Å². The number of anilines is 1. The van der Waals surface area contributed by atoms with Gasteiger partial charge < -0.3 is 10.6 Å². The minimum Gasteiger partial charge on any atom is -0.345 e. The summed E-state index contributed by atoms with van der Waals surface area (Å²) in [5.74, 6) is -0.299. The number of carbonyl (C=O) groups excluding carboxylic acids is 2. The molecule has 2 aromatic rings. The Morgan fingerprint density at radius 3 is 2.20 bits per heavy atom. The third-order valence-corrected chi connectivity index (χ3v) is 3.78. The molecule has 2 amide bonds. The first-order valence-electron chi connectivity index (χ1n) is 8.51. The Hall–Kier alpha value is -2.62. The fourth-order valence-electron chi connectivity index (χ4n) is 2.57. The summed E-state index contributed by atoms with van der Waals surface area (Å²) in [6, 6.07) is 16.7. The standard InChI is InChI=1S/C21H26N2O2/c1-15(16-10-6-5-7-11-16)22-20(25)17-12-8-9-13-18(17)23-19(24)14-21(2,3)4/h5-13,15H,14H2,1-4H3,(H,22,25)(H,23,24)/t15-/m0/s1. The average molecular weight is 338 g/mol. The van der Waals surface area contributed by atoms with E-state index in [1.165, 1.54) is 0 Å². The van der Waals surface area contributed by atoms with Crippen molar-refractivity contribution in [1.82, 2.24) is 5.32 Å².